The maximum atomic E-state index is 10.6. The molecule has 0 fully saturated rings. The number of hydrogen-bond donors (Lipinski definition) is 1. The maximum absolute atomic E-state index is 10.6. The number of hydrogen-bond acceptors (Lipinski definition) is 5. The number of hydrazone groups is 1. The number of rotatable bonds is 4. The molecule has 3 aromatic rings. The molecule has 0 atom stereocenters. The zero-order valence-corrected chi connectivity index (χ0v) is 13.5. The van der Waals surface area contributed by atoms with Gasteiger partial charge in [-0.3, -0.25) is 15.5 Å². The number of fused-ring (bicyclic) bond motifs is 1. The van der Waals surface area contributed by atoms with Gasteiger partial charge in [-0.15, -0.1) is 0 Å². The first kappa shape index (κ1) is 15.9. The van der Waals surface area contributed by atoms with Gasteiger partial charge in [-0.2, -0.15) is 5.10 Å². The van der Waals surface area contributed by atoms with Crippen LogP contribution in [0, 0.1) is 17.0 Å². The molecule has 120 valence electrons. The Morgan fingerprint density at radius 2 is 1.96 bits per heavy atom. The minimum absolute atomic E-state index is 0.0293. The van der Waals surface area contributed by atoms with Crippen LogP contribution in [0.25, 0.3) is 10.9 Å². The van der Waals surface area contributed by atoms with E-state index in [9.17, 15) is 10.1 Å². The zero-order chi connectivity index (χ0) is 17.1. The summed E-state index contributed by atoms with van der Waals surface area (Å²) in [5.41, 5.74) is 6.10. The monoisotopic (exact) mass is 340 g/mol. The van der Waals surface area contributed by atoms with E-state index in [0.717, 1.165) is 16.5 Å². The van der Waals surface area contributed by atoms with Crippen LogP contribution in [0.3, 0.4) is 0 Å². The number of benzene rings is 2. The molecule has 0 amide bonds. The van der Waals surface area contributed by atoms with Gasteiger partial charge in [-0.25, -0.2) is 4.98 Å². The van der Waals surface area contributed by atoms with Crippen LogP contribution in [0.15, 0.2) is 53.6 Å². The molecule has 1 heterocycles. The fourth-order valence-electron chi connectivity index (χ4n) is 2.19. The molecule has 0 aliphatic carbocycles. The number of pyridine rings is 1. The molecular formula is C17H13ClN4O2. The average molecular weight is 341 g/mol. The minimum atomic E-state index is -0.449. The minimum Gasteiger partial charge on any atom is -0.278 e. The normalized spacial score (nSPS) is 11.1. The van der Waals surface area contributed by atoms with Crippen molar-refractivity contribution < 1.29 is 4.92 Å². The first-order chi connectivity index (χ1) is 11.5. The van der Waals surface area contributed by atoms with Crippen LogP contribution in [0.5, 0.6) is 0 Å². The molecule has 0 saturated carbocycles. The lowest BCUT2D eigenvalue weighted by molar-refractivity contribution is -0.384. The van der Waals surface area contributed by atoms with E-state index in [1.54, 1.807) is 18.3 Å². The number of non-ortho nitro benzene ring substituents is 1. The standard InChI is InChI=1S/C17H13ClN4O2/c1-11-2-3-12-9-13(17(18)20-16(12)8-11)10-19-21-14-4-6-15(7-5-14)22(23)24/h2-10,21H,1H3/b19-10+. The van der Waals surface area contributed by atoms with Gasteiger partial charge in [0.1, 0.15) is 5.15 Å². The fraction of sp³-hybridized carbons (Fsp3) is 0.0588. The molecule has 0 radical (unpaired) electrons. The van der Waals surface area contributed by atoms with E-state index >= 15 is 0 Å². The first-order valence-corrected chi connectivity index (χ1v) is 7.51. The molecule has 0 aliphatic heterocycles. The molecule has 0 aliphatic rings. The molecule has 7 heteroatoms. The van der Waals surface area contributed by atoms with Crippen LogP contribution >= 0.6 is 11.6 Å². The second-order valence-corrected chi connectivity index (χ2v) is 5.60. The summed E-state index contributed by atoms with van der Waals surface area (Å²) in [6.07, 6.45) is 1.57. The van der Waals surface area contributed by atoms with Crippen molar-refractivity contribution in [2.24, 2.45) is 5.10 Å². The van der Waals surface area contributed by atoms with Crippen molar-refractivity contribution in [3.8, 4) is 0 Å². The van der Waals surface area contributed by atoms with E-state index in [1.165, 1.54) is 12.1 Å². The number of halogens is 1. The summed E-state index contributed by atoms with van der Waals surface area (Å²) in [6, 6.07) is 13.8. The van der Waals surface area contributed by atoms with Crippen molar-refractivity contribution in [1.82, 2.24) is 4.98 Å². The predicted octanol–water partition coefficient (Wildman–Crippen LogP) is 4.55. The summed E-state index contributed by atoms with van der Waals surface area (Å²) in [5.74, 6) is 0. The second-order valence-electron chi connectivity index (χ2n) is 5.24. The van der Waals surface area contributed by atoms with Gasteiger partial charge in [0.15, 0.2) is 0 Å². The lowest BCUT2D eigenvalue weighted by Crippen LogP contribution is -1.94. The second kappa shape index (κ2) is 6.64. The van der Waals surface area contributed by atoms with E-state index in [-0.39, 0.29) is 5.69 Å². The number of anilines is 1. The third-order valence-corrected chi connectivity index (χ3v) is 3.73. The third-order valence-electron chi connectivity index (χ3n) is 3.43. The Bertz CT molecular complexity index is 939. The highest BCUT2D eigenvalue weighted by atomic mass is 35.5. The maximum Gasteiger partial charge on any atom is 0.269 e. The smallest absolute Gasteiger partial charge is 0.269 e. The van der Waals surface area contributed by atoms with Gasteiger partial charge in [-0.1, -0.05) is 23.7 Å². The van der Waals surface area contributed by atoms with E-state index in [0.29, 0.717) is 16.4 Å². The van der Waals surface area contributed by atoms with E-state index in [1.807, 2.05) is 31.2 Å². The number of nitrogens with one attached hydrogen (secondary N) is 1. The van der Waals surface area contributed by atoms with Crippen LogP contribution < -0.4 is 5.43 Å². The molecule has 0 spiro atoms. The van der Waals surface area contributed by atoms with Crippen LogP contribution in [0.1, 0.15) is 11.1 Å². The predicted molar refractivity (Wildman–Crippen MR) is 95.8 cm³/mol. The molecule has 3 rings (SSSR count). The van der Waals surface area contributed by atoms with Crippen LogP contribution in [0.2, 0.25) is 5.15 Å². The van der Waals surface area contributed by atoms with E-state index < -0.39 is 4.92 Å². The highest BCUT2D eigenvalue weighted by Gasteiger charge is 2.04. The summed E-state index contributed by atoms with van der Waals surface area (Å²) in [5, 5.41) is 16.1. The first-order valence-electron chi connectivity index (χ1n) is 7.13. The zero-order valence-electron chi connectivity index (χ0n) is 12.7. The van der Waals surface area contributed by atoms with Crippen LogP contribution in [-0.2, 0) is 0 Å². The van der Waals surface area contributed by atoms with Crippen molar-refractivity contribution in [2.45, 2.75) is 6.92 Å². The highest BCUT2D eigenvalue weighted by molar-refractivity contribution is 6.32. The Hall–Kier alpha value is -2.99. The largest absolute Gasteiger partial charge is 0.278 e. The lowest BCUT2D eigenvalue weighted by atomic mass is 10.1. The number of nitro groups is 1. The summed E-state index contributed by atoms with van der Waals surface area (Å²) in [4.78, 5) is 14.5. The Morgan fingerprint density at radius 1 is 1.21 bits per heavy atom. The summed E-state index contributed by atoms with van der Waals surface area (Å²) >= 11 is 6.19. The molecule has 2 aromatic carbocycles. The number of aromatic nitrogens is 1. The van der Waals surface area contributed by atoms with E-state index in [2.05, 4.69) is 15.5 Å². The van der Waals surface area contributed by atoms with Gasteiger partial charge < -0.3 is 0 Å². The Balaban J connectivity index is 1.78. The van der Waals surface area contributed by atoms with Crippen LogP contribution in [0.4, 0.5) is 11.4 Å². The number of nitrogens with zero attached hydrogens (tertiary/aromatic N) is 3. The average Bonchev–Trinajstić information content (AvgIpc) is 2.56. The van der Waals surface area contributed by atoms with Gasteiger partial charge >= 0.3 is 0 Å². The summed E-state index contributed by atoms with van der Waals surface area (Å²) in [7, 11) is 0. The molecule has 0 bridgehead atoms. The molecule has 0 unspecified atom stereocenters. The van der Waals surface area contributed by atoms with Gasteiger partial charge in [0.05, 0.1) is 22.3 Å². The van der Waals surface area contributed by atoms with Crippen LogP contribution in [-0.4, -0.2) is 16.1 Å². The lowest BCUT2D eigenvalue weighted by Gasteiger charge is -2.03. The highest BCUT2D eigenvalue weighted by Crippen LogP contribution is 2.20. The van der Waals surface area contributed by atoms with Gasteiger partial charge in [0.25, 0.3) is 5.69 Å². The number of nitro benzene ring substituents is 1. The van der Waals surface area contributed by atoms with Gasteiger partial charge in [-0.05, 0) is 36.8 Å². The van der Waals surface area contributed by atoms with Crippen molar-refractivity contribution in [3.05, 3.63) is 74.9 Å². The van der Waals surface area contributed by atoms with Crippen molar-refractivity contribution in [3.63, 3.8) is 0 Å². The Labute approximate surface area is 142 Å². The molecule has 6 nitrogen and oxygen atoms in total. The van der Waals surface area contributed by atoms with Crippen molar-refractivity contribution >= 4 is 40.1 Å². The van der Waals surface area contributed by atoms with Gasteiger partial charge in [0, 0.05) is 23.1 Å². The molecular weight excluding hydrogens is 328 g/mol. The fourth-order valence-corrected chi connectivity index (χ4v) is 2.39. The third kappa shape index (κ3) is 3.49. The molecule has 1 N–H and O–H groups in total. The van der Waals surface area contributed by atoms with Crippen molar-refractivity contribution in [1.29, 1.82) is 0 Å². The number of aryl methyl sites for hydroxylation is 1. The topological polar surface area (TPSA) is 80.4 Å². The Morgan fingerprint density at radius 3 is 2.67 bits per heavy atom. The summed E-state index contributed by atoms with van der Waals surface area (Å²) < 4.78 is 0. The molecule has 24 heavy (non-hydrogen) atoms. The SMILES string of the molecule is Cc1ccc2cc(/C=N/Nc3ccc([N+](=O)[O-])cc3)c(Cl)nc2c1. The molecule has 1 aromatic heterocycles. The Kier molecular flexibility index (Phi) is 4.39. The van der Waals surface area contributed by atoms with Gasteiger partial charge in [0.2, 0.25) is 0 Å². The molecule has 0 saturated heterocycles. The van der Waals surface area contributed by atoms with E-state index in [4.69, 9.17) is 11.6 Å². The van der Waals surface area contributed by atoms with Crippen molar-refractivity contribution in [2.75, 3.05) is 5.43 Å². The quantitative estimate of drug-likeness (QED) is 0.327. The summed E-state index contributed by atoms with van der Waals surface area (Å²) in [6.45, 7) is 2.00.